The van der Waals surface area contributed by atoms with Crippen LogP contribution in [0.1, 0.15) is 5.82 Å². The molecule has 1 aromatic heterocycles. The van der Waals surface area contributed by atoms with Gasteiger partial charge in [-0.15, -0.1) is 5.10 Å². The average Bonchev–Trinajstić information content (AvgIpc) is 2.33. The third-order valence-electron chi connectivity index (χ3n) is 0.857. The monoisotopic (exact) mass is 137 g/mol. The van der Waals surface area contributed by atoms with Crippen LogP contribution in [0, 0.1) is 11.3 Å². The van der Waals surface area contributed by atoms with Crippen molar-refractivity contribution in [3.63, 3.8) is 0 Å². The number of aromatic nitrogens is 3. The highest BCUT2D eigenvalue weighted by Gasteiger charge is 2.05. The third kappa shape index (κ3) is 0.798. The van der Waals surface area contributed by atoms with E-state index in [-0.39, 0.29) is 5.82 Å². The van der Waals surface area contributed by atoms with Crippen LogP contribution in [0.4, 0.5) is 4.79 Å². The van der Waals surface area contributed by atoms with E-state index in [1.807, 2.05) is 0 Å². The summed E-state index contributed by atoms with van der Waals surface area (Å²) in [7, 11) is 0. The molecular formula is C4H3N5O. The third-order valence-corrected chi connectivity index (χ3v) is 0.857. The molecule has 0 saturated heterocycles. The topological polar surface area (TPSA) is 97.6 Å². The van der Waals surface area contributed by atoms with E-state index in [4.69, 9.17) is 11.0 Å². The lowest BCUT2D eigenvalue weighted by molar-refractivity contribution is 0.247. The van der Waals surface area contributed by atoms with Crippen LogP contribution in [0.25, 0.3) is 0 Å². The number of nitrogens with two attached hydrogens (primary N) is 1. The van der Waals surface area contributed by atoms with Crippen molar-refractivity contribution in [2.45, 2.75) is 0 Å². The Bertz CT molecular complexity index is 295. The molecule has 1 aromatic rings. The molecule has 50 valence electrons. The Balaban J connectivity index is 3.17. The molecule has 0 aliphatic carbocycles. The molecule has 0 spiro atoms. The van der Waals surface area contributed by atoms with Crippen molar-refractivity contribution in [2.24, 2.45) is 5.73 Å². The summed E-state index contributed by atoms with van der Waals surface area (Å²) in [6.45, 7) is 0. The first kappa shape index (κ1) is 6.22. The van der Waals surface area contributed by atoms with Crippen molar-refractivity contribution in [1.29, 1.82) is 5.26 Å². The molecule has 0 saturated carbocycles. The van der Waals surface area contributed by atoms with Gasteiger partial charge in [0.1, 0.15) is 12.4 Å². The Morgan fingerprint density at radius 1 is 1.90 bits per heavy atom. The highest BCUT2D eigenvalue weighted by Crippen LogP contribution is 1.87. The fraction of sp³-hybridized carbons (Fsp3) is 0. The van der Waals surface area contributed by atoms with Crippen LogP contribution in [0.5, 0.6) is 0 Å². The predicted molar refractivity (Wildman–Crippen MR) is 29.7 cm³/mol. The highest BCUT2D eigenvalue weighted by atomic mass is 16.2. The number of hydrogen-bond acceptors (Lipinski definition) is 4. The van der Waals surface area contributed by atoms with Gasteiger partial charge in [0.15, 0.2) is 0 Å². The van der Waals surface area contributed by atoms with Crippen LogP contribution in [-0.4, -0.2) is 20.8 Å². The van der Waals surface area contributed by atoms with Gasteiger partial charge in [-0.05, 0) is 0 Å². The lowest BCUT2D eigenvalue weighted by Gasteiger charge is -1.89. The zero-order chi connectivity index (χ0) is 7.56. The molecule has 10 heavy (non-hydrogen) atoms. The van der Waals surface area contributed by atoms with Gasteiger partial charge < -0.3 is 5.73 Å². The Kier molecular flexibility index (Phi) is 1.33. The van der Waals surface area contributed by atoms with Crippen LogP contribution in [0.3, 0.4) is 0 Å². The SMILES string of the molecule is N#Cc1ncnn1C(N)=O. The summed E-state index contributed by atoms with van der Waals surface area (Å²) in [6, 6.07) is 0.834. The molecule has 1 rings (SSSR count). The zero-order valence-electron chi connectivity index (χ0n) is 4.85. The summed E-state index contributed by atoms with van der Waals surface area (Å²) in [5.41, 5.74) is 4.80. The minimum absolute atomic E-state index is 0.104. The maximum absolute atomic E-state index is 10.4. The Labute approximate surface area is 55.9 Å². The van der Waals surface area contributed by atoms with Gasteiger partial charge >= 0.3 is 6.03 Å². The summed E-state index contributed by atoms with van der Waals surface area (Å²) in [4.78, 5) is 13.8. The van der Waals surface area contributed by atoms with E-state index >= 15 is 0 Å². The molecule has 1 amide bonds. The molecule has 0 aliphatic rings. The molecule has 0 unspecified atom stereocenters. The fourth-order valence-corrected chi connectivity index (χ4v) is 0.479. The Hall–Kier alpha value is -1.90. The van der Waals surface area contributed by atoms with Gasteiger partial charge in [0.2, 0.25) is 5.82 Å². The quantitative estimate of drug-likeness (QED) is 0.499. The first-order valence-corrected chi connectivity index (χ1v) is 2.35. The normalized spacial score (nSPS) is 8.70. The van der Waals surface area contributed by atoms with Gasteiger partial charge in [-0.2, -0.15) is 9.94 Å². The zero-order valence-corrected chi connectivity index (χ0v) is 4.85. The smallest absolute Gasteiger partial charge is 0.342 e. The van der Waals surface area contributed by atoms with Crippen LogP contribution in [0.15, 0.2) is 6.33 Å². The number of amides is 1. The number of carbonyl (C=O) groups is 1. The average molecular weight is 137 g/mol. The molecule has 0 bridgehead atoms. The van der Waals surface area contributed by atoms with Gasteiger partial charge in [-0.25, -0.2) is 9.78 Å². The van der Waals surface area contributed by atoms with Gasteiger partial charge in [0.25, 0.3) is 0 Å². The fourth-order valence-electron chi connectivity index (χ4n) is 0.479. The second kappa shape index (κ2) is 2.14. The maximum Gasteiger partial charge on any atom is 0.342 e. The number of primary amides is 1. The van der Waals surface area contributed by atoms with Crippen LogP contribution < -0.4 is 5.73 Å². The standard InChI is InChI=1S/C4H3N5O/c5-1-3-7-2-8-9(3)4(6)10/h2H,(H2,6,10). The van der Waals surface area contributed by atoms with E-state index in [2.05, 4.69) is 10.1 Å². The first-order valence-electron chi connectivity index (χ1n) is 2.35. The molecule has 0 radical (unpaired) electrons. The lowest BCUT2D eigenvalue weighted by atomic mass is 10.7. The van der Waals surface area contributed by atoms with E-state index in [0.29, 0.717) is 0 Å². The predicted octanol–water partition coefficient (Wildman–Crippen LogP) is -0.923. The van der Waals surface area contributed by atoms with E-state index in [9.17, 15) is 4.79 Å². The number of nitrogens with zero attached hydrogens (tertiary/aromatic N) is 4. The Morgan fingerprint density at radius 2 is 2.60 bits per heavy atom. The molecule has 0 aromatic carbocycles. The summed E-state index contributed by atoms with van der Waals surface area (Å²) in [5, 5.41) is 11.7. The van der Waals surface area contributed by atoms with Crippen molar-refractivity contribution in [2.75, 3.05) is 0 Å². The molecule has 0 atom stereocenters. The number of hydrogen-bond donors (Lipinski definition) is 1. The summed E-state index contributed by atoms with van der Waals surface area (Å²) in [6.07, 6.45) is 1.09. The second-order valence-electron chi connectivity index (χ2n) is 1.45. The molecule has 6 nitrogen and oxygen atoms in total. The maximum atomic E-state index is 10.4. The van der Waals surface area contributed by atoms with Crippen molar-refractivity contribution >= 4 is 6.03 Å². The van der Waals surface area contributed by atoms with Gasteiger partial charge in [0, 0.05) is 0 Å². The molecule has 6 heteroatoms. The molecular weight excluding hydrogens is 134 g/mol. The van der Waals surface area contributed by atoms with E-state index in [1.165, 1.54) is 0 Å². The summed E-state index contributed by atoms with van der Waals surface area (Å²) < 4.78 is 0.722. The first-order chi connectivity index (χ1) is 4.75. The van der Waals surface area contributed by atoms with E-state index in [1.54, 1.807) is 6.07 Å². The molecule has 2 N–H and O–H groups in total. The van der Waals surface area contributed by atoms with Crippen molar-refractivity contribution < 1.29 is 4.79 Å². The van der Waals surface area contributed by atoms with Crippen LogP contribution >= 0.6 is 0 Å². The Morgan fingerprint density at radius 3 is 3.00 bits per heavy atom. The molecule has 1 heterocycles. The van der Waals surface area contributed by atoms with Crippen molar-refractivity contribution in [1.82, 2.24) is 14.8 Å². The van der Waals surface area contributed by atoms with Crippen molar-refractivity contribution in [3.05, 3.63) is 12.2 Å². The molecule has 0 aliphatic heterocycles. The number of rotatable bonds is 0. The van der Waals surface area contributed by atoms with Crippen LogP contribution in [-0.2, 0) is 0 Å². The largest absolute Gasteiger partial charge is 0.350 e. The molecule has 0 fully saturated rings. The van der Waals surface area contributed by atoms with Crippen molar-refractivity contribution in [3.8, 4) is 6.07 Å². The minimum atomic E-state index is -0.811. The minimum Gasteiger partial charge on any atom is -0.350 e. The summed E-state index contributed by atoms with van der Waals surface area (Å²) >= 11 is 0. The number of nitriles is 1. The van der Waals surface area contributed by atoms with E-state index in [0.717, 1.165) is 11.0 Å². The lowest BCUT2D eigenvalue weighted by Crippen LogP contribution is -2.22. The van der Waals surface area contributed by atoms with Gasteiger partial charge in [-0.3, -0.25) is 0 Å². The summed E-state index contributed by atoms with van der Waals surface area (Å²) in [5.74, 6) is -0.104. The van der Waals surface area contributed by atoms with Gasteiger partial charge in [0.05, 0.1) is 0 Å². The van der Waals surface area contributed by atoms with E-state index < -0.39 is 6.03 Å². The van der Waals surface area contributed by atoms with Crippen LogP contribution in [0.2, 0.25) is 0 Å². The number of carbonyl (C=O) groups excluding carboxylic acids is 1. The highest BCUT2D eigenvalue weighted by molar-refractivity contribution is 5.74. The second-order valence-corrected chi connectivity index (χ2v) is 1.45. The van der Waals surface area contributed by atoms with Gasteiger partial charge in [-0.1, -0.05) is 0 Å².